The Labute approximate surface area is 430 Å². The molecule has 2 unspecified atom stereocenters. The molecule has 388 valence electrons. The largest absolute Gasteiger partial charge is 0.497 e. The molecular formula is C54H68N7O10PSi. The molecule has 17 nitrogen and oxygen atoms in total. The van der Waals surface area contributed by atoms with Crippen molar-refractivity contribution < 1.29 is 42.1 Å². The number of benzene rings is 4. The van der Waals surface area contributed by atoms with Gasteiger partial charge in [-0.1, -0.05) is 87.5 Å². The zero-order valence-corrected chi connectivity index (χ0v) is 45.5. The fourth-order valence-corrected chi connectivity index (χ4v) is 11.7. The van der Waals surface area contributed by atoms with Crippen LogP contribution < -0.4 is 14.2 Å². The smallest absolute Gasteiger partial charge is 0.269 e. The van der Waals surface area contributed by atoms with Crippen molar-refractivity contribution in [2.24, 2.45) is 0 Å². The lowest BCUT2D eigenvalue weighted by atomic mass is 9.80. The summed E-state index contributed by atoms with van der Waals surface area (Å²) in [7, 11) is -1.21. The molecule has 0 saturated carbocycles. The highest BCUT2D eigenvalue weighted by atomic mass is 31.2. The molecule has 0 amide bonds. The minimum absolute atomic E-state index is 0.00442. The summed E-state index contributed by atoms with van der Waals surface area (Å²) in [5.41, 5.74) is 3.10. The van der Waals surface area contributed by atoms with Crippen molar-refractivity contribution in [2.75, 3.05) is 34.0 Å². The van der Waals surface area contributed by atoms with Crippen LogP contribution in [0.15, 0.2) is 116 Å². The lowest BCUT2D eigenvalue weighted by Gasteiger charge is -2.42. The average Bonchev–Trinajstić information content (AvgIpc) is 3.95. The first-order chi connectivity index (χ1) is 34.9. The molecule has 2 aromatic heterocycles. The maximum atomic E-state index is 11.2. The van der Waals surface area contributed by atoms with E-state index < -0.39 is 51.9 Å². The van der Waals surface area contributed by atoms with E-state index in [0.717, 1.165) is 22.3 Å². The fraction of sp³-hybridized carbons (Fsp3) is 0.444. The van der Waals surface area contributed by atoms with Crippen molar-refractivity contribution in [1.29, 1.82) is 5.26 Å². The zero-order valence-electron chi connectivity index (χ0n) is 43.6. The van der Waals surface area contributed by atoms with E-state index >= 15 is 0 Å². The van der Waals surface area contributed by atoms with Gasteiger partial charge in [0.1, 0.15) is 41.7 Å². The Bertz CT molecular complexity index is 2720. The number of non-ortho nitro benzene ring substituents is 1. The van der Waals surface area contributed by atoms with Gasteiger partial charge >= 0.3 is 0 Å². The Kier molecular flexibility index (Phi) is 18.0. The van der Waals surface area contributed by atoms with E-state index in [4.69, 9.17) is 47.1 Å². The fourth-order valence-electron chi connectivity index (χ4n) is 8.69. The van der Waals surface area contributed by atoms with E-state index in [1.54, 1.807) is 32.7 Å². The van der Waals surface area contributed by atoms with Gasteiger partial charge in [-0.05, 0) is 92.3 Å². The first kappa shape index (κ1) is 54.9. The van der Waals surface area contributed by atoms with Gasteiger partial charge in [-0.2, -0.15) is 10.2 Å². The van der Waals surface area contributed by atoms with E-state index in [0.29, 0.717) is 29.1 Å². The van der Waals surface area contributed by atoms with Crippen LogP contribution in [0.3, 0.4) is 0 Å². The normalized spacial score (nSPS) is 17.8. The van der Waals surface area contributed by atoms with Gasteiger partial charge in [-0.15, -0.1) is 0 Å². The Balaban J connectivity index is 1.36. The van der Waals surface area contributed by atoms with Gasteiger partial charge in [0.25, 0.3) is 14.2 Å². The lowest BCUT2D eigenvalue weighted by molar-refractivity contribution is -0.384. The molecule has 1 fully saturated rings. The summed E-state index contributed by atoms with van der Waals surface area (Å²) < 4.78 is 58.1. The number of ether oxygens (including phenoxy) is 5. The van der Waals surface area contributed by atoms with Crippen LogP contribution >= 0.6 is 8.53 Å². The Morgan fingerprint density at radius 2 is 1.44 bits per heavy atom. The van der Waals surface area contributed by atoms with E-state index in [9.17, 15) is 15.4 Å². The topological polar surface area (TPSA) is 188 Å². The van der Waals surface area contributed by atoms with E-state index in [-0.39, 0.29) is 54.9 Å². The Hall–Kier alpha value is -5.87. The first-order valence-electron chi connectivity index (χ1n) is 24.5. The third-order valence-electron chi connectivity index (χ3n) is 13.4. The number of aromatic nitrogens is 4. The van der Waals surface area contributed by atoms with Gasteiger partial charge in [-0.3, -0.25) is 14.7 Å². The lowest BCUT2D eigenvalue weighted by Crippen LogP contribution is -2.50. The second-order valence-corrected chi connectivity index (χ2v) is 26.0. The number of hydrogen-bond donors (Lipinski definition) is 0. The number of nitro groups is 1. The molecule has 5 atom stereocenters. The Morgan fingerprint density at radius 3 is 1.99 bits per heavy atom. The predicted molar refractivity (Wildman–Crippen MR) is 282 cm³/mol. The molecule has 0 bridgehead atoms. The molecule has 0 radical (unpaired) electrons. The summed E-state index contributed by atoms with van der Waals surface area (Å²) in [6.07, 6.45) is 0.487. The van der Waals surface area contributed by atoms with Gasteiger partial charge in [-0.25, -0.2) is 14.6 Å². The molecule has 1 aliphatic heterocycles. The summed E-state index contributed by atoms with van der Waals surface area (Å²) in [6.45, 7) is 19.8. The number of methoxy groups -OCH3 is 2. The van der Waals surface area contributed by atoms with Crippen LogP contribution in [0.1, 0.15) is 83.4 Å². The summed E-state index contributed by atoms with van der Waals surface area (Å²) in [5.74, 6) is 1.66. The van der Waals surface area contributed by atoms with Gasteiger partial charge in [0.15, 0.2) is 25.7 Å². The van der Waals surface area contributed by atoms with Crippen LogP contribution in [0.2, 0.25) is 18.1 Å². The second-order valence-electron chi connectivity index (χ2n) is 19.9. The highest BCUT2D eigenvalue weighted by Crippen LogP contribution is 2.53. The van der Waals surface area contributed by atoms with Crippen LogP contribution in [0.5, 0.6) is 17.4 Å². The zero-order chi connectivity index (χ0) is 52.5. The average molecular weight is 1030 g/mol. The van der Waals surface area contributed by atoms with Gasteiger partial charge < -0.3 is 37.2 Å². The van der Waals surface area contributed by atoms with E-state index in [2.05, 4.69) is 89.4 Å². The first-order valence-corrected chi connectivity index (χ1v) is 28.6. The number of rotatable bonds is 24. The van der Waals surface area contributed by atoms with Gasteiger partial charge in [0, 0.05) is 30.6 Å². The van der Waals surface area contributed by atoms with Crippen molar-refractivity contribution in [3.63, 3.8) is 0 Å². The van der Waals surface area contributed by atoms with E-state index in [1.165, 1.54) is 18.5 Å². The molecule has 1 aliphatic rings. The van der Waals surface area contributed by atoms with Gasteiger partial charge in [0.05, 0.1) is 57.8 Å². The maximum absolute atomic E-state index is 11.2. The minimum atomic E-state index is -2.67. The molecule has 3 heterocycles. The molecular weight excluding hydrogens is 966 g/mol. The molecule has 0 spiro atoms. The van der Waals surface area contributed by atoms with Crippen LogP contribution in [0.25, 0.3) is 11.2 Å². The highest BCUT2D eigenvalue weighted by molar-refractivity contribution is 7.44. The van der Waals surface area contributed by atoms with Gasteiger partial charge in [0.2, 0.25) is 5.88 Å². The SMILES string of the molecule is COc1ccc(C(OC[C@H]2O[C@@H](n3cnc4c(OCCc5ccc([N+](=O)[O-])cc5)ncnc43)C(O[Si](C)(C)C(C)(C)C)[C@H]2OP(OCCC#N)N(C(C)C)C(C)C)(c2ccccc2)c2ccc(OC)cc2)cc1. The van der Waals surface area contributed by atoms with Crippen molar-refractivity contribution in [2.45, 2.75) is 122 Å². The van der Waals surface area contributed by atoms with Crippen molar-refractivity contribution in [1.82, 2.24) is 24.2 Å². The third kappa shape index (κ3) is 12.4. The molecule has 73 heavy (non-hydrogen) atoms. The second kappa shape index (κ2) is 24.0. The quantitative estimate of drug-likeness (QED) is 0.0139. The van der Waals surface area contributed by atoms with Crippen LogP contribution in [-0.2, 0) is 35.0 Å². The van der Waals surface area contributed by atoms with Crippen molar-refractivity contribution in [3.05, 3.63) is 148 Å². The van der Waals surface area contributed by atoms with Crippen LogP contribution in [-0.4, -0.2) is 102 Å². The molecule has 0 N–H and O–H groups in total. The minimum Gasteiger partial charge on any atom is -0.497 e. The number of nitro benzene ring substituents is 1. The standard InChI is InChI=1S/C54H68N7O10PSi/c1-37(2)60(38(3)4)72(68-32-15-31-55)70-48-46(34-67-54(40-16-13-12-14-17-40,41-20-26-44(64-8)27-21-41)42-22-28-45(65-9)29-23-42)69-52(49(48)71-73(10,11)53(5,6)7)59-36-58-47-50(59)56-35-57-51(47)66-33-30-39-18-24-43(25-19-39)61(62)63/h12-14,16-29,35-38,46,48-49,52H,15,30,32-34H2,1-11H3/t46-,48+,49?,52-,72?/m1/s1. The number of nitriles is 1. The summed E-state index contributed by atoms with van der Waals surface area (Å²) in [6, 6.07) is 34.4. The molecule has 1 saturated heterocycles. The number of fused-ring (bicyclic) bond motifs is 1. The summed E-state index contributed by atoms with van der Waals surface area (Å²) in [5, 5.41) is 20.7. The Morgan fingerprint density at radius 1 is 0.836 bits per heavy atom. The van der Waals surface area contributed by atoms with Crippen molar-refractivity contribution in [3.8, 4) is 23.4 Å². The number of imidazole rings is 1. The predicted octanol–water partition coefficient (Wildman–Crippen LogP) is 11.3. The number of nitrogens with zero attached hydrogens (tertiary/aromatic N) is 7. The van der Waals surface area contributed by atoms with Crippen LogP contribution in [0, 0.1) is 21.4 Å². The number of hydrogen-bond acceptors (Lipinski definition) is 15. The highest BCUT2D eigenvalue weighted by Gasteiger charge is 2.54. The van der Waals surface area contributed by atoms with Crippen molar-refractivity contribution >= 4 is 33.7 Å². The molecule has 6 aromatic rings. The maximum Gasteiger partial charge on any atom is 0.269 e. The van der Waals surface area contributed by atoms with Crippen LogP contribution in [0.4, 0.5) is 5.69 Å². The molecule has 7 rings (SSSR count). The monoisotopic (exact) mass is 1030 g/mol. The summed E-state index contributed by atoms with van der Waals surface area (Å²) >= 11 is 0. The van der Waals surface area contributed by atoms with E-state index in [1.807, 2.05) is 71.3 Å². The third-order valence-corrected chi connectivity index (χ3v) is 20.0. The summed E-state index contributed by atoms with van der Waals surface area (Å²) in [4.78, 5) is 24.9. The molecule has 19 heteroatoms. The molecule has 0 aliphatic carbocycles. The molecule has 4 aromatic carbocycles.